The normalized spacial score (nSPS) is 15.4. The highest BCUT2D eigenvalue weighted by atomic mass is 32.1. The first kappa shape index (κ1) is 24.9. The average Bonchev–Trinajstić information content (AvgIpc) is 3.62. The largest absolute Gasteiger partial charge is 0.503 e. The Bertz CT molecular complexity index is 1780. The predicted octanol–water partition coefficient (Wildman–Crippen LogP) is 6.22. The van der Waals surface area contributed by atoms with Crippen molar-refractivity contribution in [3.05, 3.63) is 100 Å². The Morgan fingerprint density at radius 1 is 1.03 bits per heavy atom. The van der Waals surface area contributed by atoms with E-state index < -0.39 is 23.5 Å². The molecule has 1 aliphatic rings. The summed E-state index contributed by atoms with van der Waals surface area (Å²) in [6.45, 7) is 3.67. The molecule has 10 heteroatoms. The molecule has 1 unspecified atom stereocenters. The summed E-state index contributed by atoms with van der Waals surface area (Å²) in [4.78, 5) is 43.1. The quantitative estimate of drug-likeness (QED) is 0.248. The van der Waals surface area contributed by atoms with E-state index in [4.69, 9.17) is 9.72 Å². The van der Waals surface area contributed by atoms with E-state index in [1.807, 2.05) is 49.4 Å². The van der Waals surface area contributed by atoms with Crippen molar-refractivity contribution in [2.75, 3.05) is 12.0 Å². The molecule has 5 aromatic rings. The van der Waals surface area contributed by atoms with Crippen LogP contribution in [-0.2, 0) is 4.79 Å². The molecule has 0 spiro atoms. The molecule has 4 heterocycles. The number of rotatable bonds is 6. The number of aromatic nitrogens is 3. The summed E-state index contributed by atoms with van der Waals surface area (Å²) in [7, 11) is 1.60. The van der Waals surface area contributed by atoms with E-state index in [0.717, 1.165) is 15.8 Å². The van der Waals surface area contributed by atoms with Crippen LogP contribution in [0.5, 0.6) is 5.75 Å². The van der Waals surface area contributed by atoms with Gasteiger partial charge in [0.25, 0.3) is 5.91 Å². The van der Waals surface area contributed by atoms with Gasteiger partial charge in [0.15, 0.2) is 10.9 Å². The second-order valence-electron chi connectivity index (χ2n) is 9.01. The molecule has 39 heavy (non-hydrogen) atoms. The summed E-state index contributed by atoms with van der Waals surface area (Å²) < 4.78 is 6.26. The number of benzene rings is 2. The van der Waals surface area contributed by atoms with Crippen molar-refractivity contribution in [2.24, 2.45) is 0 Å². The summed E-state index contributed by atoms with van der Waals surface area (Å²) in [5, 5.41) is 12.2. The zero-order chi connectivity index (χ0) is 27.3. The van der Waals surface area contributed by atoms with Crippen molar-refractivity contribution in [3.8, 4) is 16.3 Å². The molecular weight excluding hydrogens is 532 g/mol. The average molecular weight is 555 g/mol. The summed E-state index contributed by atoms with van der Waals surface area (Å²) in [5.41, 5.74) is 3.40. The second kappa shape index (κ2) is 9.72. The van der Waals surface area contributed by atoms with Gasteiger partial charge in [-0.3, -0.25) is 19.5 Å². The van der Waals surface area contributed by atoms with Crippen molar-refractivity contribution in [1.29, 1.82) is 0 Å². The number of thiazole rings is 2. The van der Waals surface area contributed by atoms with Gasteiger partial charge in [0, 0.05) is 11.8 Å². The Labute approximate surface area is 231 Å². The van der Waals surface area contributed by atoms with Crippen LogP contribution in [0.3, 0.4) is 0 Å². The monoisotopic (exact) mass is 554 g/mol. The Morgan fingerprint density at radius 2 is 1.79 bits per heavy atom. The predicted molar refractivity (Wildman–Crippen MR) is 152 cm³/mol. The zero-order valence-electron chi connectivity index (χ0n) is 21.2. The number of amides is 1. The number of pyridine rings is 1. The minimum absolute atomic E-state index is 0.0434. The molecule has 194 valence electrons. The van der Waals surface area contributed by atoms with Gasteiger partial charge in [-0.2, -0.15) is 0 Å². The Balaban J connectivity index is 1.47. The van der Waals surface area contributed by atoms with Gasteiger partial charge in [-0.25, -0.2) is 9.97 Å². The van der Waals surface area contributed by atoms with Gasteiger partial charge in [0.1, 0.15) is 16.8 Å². The van der Waals surface area contributed by atoms with Crippen LogP contribution in [0.2, 0.25) is 0 Å². The molecular formula is C29H22N4O4S2. The maximum absolute atomic E-state index is 14.0. The van der Waals surface area contributed by atoms with E-state index in [1.54, 1.807) is 38.4 Å². The van der Waals surface area contributed by atoms with Crippen LogP contribution < -0.4 is 9.64 Å². The third-order valence-electron chi connectivity index (χ3n) is 6.54. The number of ether oxygens (including phenoxy) is 1. The molecule has 0 fully saturated rings. The third-order valence-corrected chi connectivity index (χ3v) is 8.77. The number of nitrogens with zero attached hydrogens (tertiary/aromatic N) is 4. The smallest absolute Gasteiger partial charge is 0.296 e. The van der Waals surface area contributed by atoms with E-state index >= 15 is 0 Å². The van der Waals surface area contributed by atoms with Gasteiger partial charge < -0.3 is 9.84 Å². The van der Waals surface area contributed by atoms with Crippen molar-refractivity contribution in [3.63, 3.8) is 0 Å². The molecule has 6 rings (SSSR count). The molecule has 0 saturated heterocycles. The van der Waals surface area contributed by atoms with Crippen molar-refractivity contribution >= 4 is 49.7 Å². The van der Waals surface area contributed by atoms with Gasteiger partial charge in [-0.05, 0) is 43.7 Å². The molecule has 0 bridgehead atoms. The molecule has 0 aliphatic carbocycles. The fourth-order valence-electron chi connectivity index (χ4n) is 4.66. The van der Waals surface area contributed by atoms with Crippen LogP contribution in [0.15, 0.2) is 78.2 Å². The summed E-state index contributed by atoms with van der Waals surface area (Å²) in [5.74, 6) is -1.08. The number of fused-ring (bicyclic) bond motifs is 1. The van der Waals surface area contributed by atoms with Gasteiger partial charge in [0.2, 0.25) is 5.78 Å². The molecule has 0 radical (unpaired) electrons. The highest BCUT2D eigenvalue weighted by Crippen LogP contribution is 2.45. The number of hydrogen-bond donors (Lipinski definition) is 1. The van der Waals surface area contributed by atoms with Crippen molar-refractivity contribution in [1.82, 2.24) is 15.0 Å². The van der Waals surface area contributed by atoms with E-state index in [-0.39, 0.29) is 5.57 Å². The van der Waals surface area contributed by atoms with E-state index in [1.165, 1.54) is 27.6 Å². The lowest BCUT2D eigenvalue weighted by atomic mass is 9.98. The van der Waals surface area contributed by atoms with Crippen LogP contribution in [-0.4, -0.2) is 38.9 Å². The van der Waals surface area contributed by atoms with Crippen LogP contribution in [0, 0.1) is 13.8 Å². The van der Waals surface area contributed by atoms with Crippen LogP contribution in [0.4, 0.5) is 5.13 Å². The summed E-state index contributed by atoms with van der Waals surface area (Å²) >= 11 is 2.51. The molecule has 1 aliphatic heterocycles. The maximum atomic E-state index is 14.0. The third kappa shape index (κ3) is 4.18. The fourth-order valence-corrected chi connectivity index (χ4v) is 6.68. The SMILES string of the molecule is COc1cc2sc(N3C(=O)C(O)=C(C(=O)c4sc(-c5ccccc5)nc4C)C3c3ccccn3)nc2cc1C. The summed E-state index contributed by atoms with van der Waals surface area (Å²) in [6, 6.07) is 17.6. The first-order chi connectivity index (χ1) is 18.9. The van der Waals surface area contributed by atoms with Crippen molar-refractivity contribution in [2.45, 2.75) is 19.9 Å². The highest BCUT2D eigenvalue weighted by Gasteiger charge is 2.47. The number of hydrogen-bond acceptors (Lipinski definition) is 9. The minimum Gasteiger partial charge on any atom is -0.503 e. The molecule has 3 aromatic heterocycles. The Morgan fingerprint density at radius 3 is 2.51 bits per heavy atom. The van der Waals surface area contributed by atoms with E-state index in [0.29, 0.717) is 37.7 Å². The maximum Gasteiger partial charge on any atom is 0.296 e. The minimum atomic E-state index is -0.962. The van der Waals surface area contributed by atoms with Gasteiger partial charge in [0.05, 0.1) is 39.2 Å². The lowest BCUT2D eigenvalue weighted by molar-refractivity contribution is -0.117. The molecule has 1 N–H and O–H groups in total. The number of aliphatic hydroxyl groups is 1. The topological polar surface area (TPSA) is 106 Å². The second-order valence-corrected chi connectivity index (χ2v) is 11.0. The first-order valence-corrected chi connectivity index (χ1v) is 13.7. The van der Waals surface area contributed by atoms with Crippen LogP contribution in [0.25, 0.3) is 20.8 Å². The highest BCUT2D eigenvalue weighted by molar-refractivity contribution is 7.22. The molecule has 2 aromatic carbocycles. The standard InChI is InChI=1S/C29H22N4O4S2/c1-15-13-19-21(14-20(15)37-3)38-29(32-19)33-23(18-11-7-8-12-30-18)22(25(35)28(33)36)24(34)26-16(2)31-27(39-26)17-9-5-4-6-10-17/h4-14,23,35H,1-3H3. The number of anilines is 1. The number of ketones is 1. The lowest BCUT2D eigenvalue weighted by Crippen LogP contribution is -2.31. The molecule has 1 atom stereocenters. The van der Waals surface area contributed by atoms with Gasteiger partial charge >= 0.3 is 0 Å². The molecule has 8 nitrogen and oxygen atoms in total. The van der Waals surface area contributed by atoms with Gasteiger partial charge in [-0.1, -0.05) is 47.7 Å². The number of aryl methyl sites for hydroxylation is 2. The Hall–Kier alpha value is -4.41. The number of carbonyl (C=O) groups is 2. The number of methoxy groups -OCH3 is 1. The van der Waals surface area contributed by atoms with E-state index in [9.17, 15) is 14.7 Å². The lowest BCUT2D eigenvalue weighted by Gasteiger charge is -2.23. The van der Waals surface area contributed by atoms with Crippen LogP contribution >= 0.6 is 22.7 Å². The van der Waals surface area contributed by atoms with E-state index in [2.05, 4.69) is 9.97 Å². The Kier molecular flexibility index (Phi) is 6.20. The number of carbonyl (C=O) groups excluding carboxylic acids is 2. The van der Waals surface area contributed by atoms with Crippen molar-refractivity contribution < 1.29 is 19.4 Å². The number of Topliss-reactive ketones (excluding diaryl/α,β-unsaturated/α-hetero) is 1. The first-order valence-electron chi connectivity index (χ1n) is 12.1. The van der Waals surface area contributed by atoms with Gasteiger partial charge in [-0.15, -0.1) is 11.3 Å². The molecule has 1 amide bonds. The van der Waals surface area contributed by atoms with Crippen LogP contribution in [0.1, 0.15) is 32.7 Å². The molecule has 0 saturated carbocycles. The zero-order valence-corrected chi connectivity index (χ0v) is 22.8. The summed E-state index contributed by atoms with van der Waals surface area (Å²) in [6.07, 6.45) is 1.59. The number of aliphatic hydroxyl groups excluding tert-OH is 1. The fraction of sp³-hybridized carbons (Fsp3) is 0.138.